The van der Waals surface area contributed by atoms with Crippen LogP contribution in [0, 0.1) is 5.41 Å². The molecule has 1 aromatic carbocycles. The van der Waals surface area contributed by atoms with E-state index in [0.29, 0.717) is 6.54 Å². The number of β-amino-alcohol motifs (C(OH)–C–C–N with tert-alkyl or cyclic N) is 1. The van der Waals surface area contributed by atoms with Crippen molar-refractivity contribution in [2.24, 2.45) is 5.73 Å². The molecule has 1 heterocycles. The van der Waals surface area contributed by atoms with Gasteiger partial charge >= 0.3 is 0 Å². The third kappa shape index (κ3) is 2.47. The summed E-state index contributed by atoms with van der Waals surface area (Å²) in [6.07, 6.45) is 2.72. The van der Waals surface area contributed by atoms with Gasteiger partial charge in [-0.2, -0.15) is 0 Å². The molecule has 1 atom stereocenters. The van der Waals surface area contributed by atoms with Crippen molar-refractivity contribution >= 4 is 23.3 Å². The maximum atomic E-state index is 10.1. The van der Waals surface area contributed by atoms with Gasteiger partial charge in [0, 0.05) is 23.7 Å². The molecule has 1 aliphatic heterocycles. The lowest BCUT2D eigenvalue weighted by Crippen LogP contribution is -2.31. The summed E-state index contributed by atoms with van der Waals surface area (Å²) < 4.78 is 0. The largest absolute Gasteiger partial charge is 0.388 e. The van der Waals surface area contributed by atoms with Crippen LogP contribution < -0.4 is 10.6 Å². The van der Waals surface area contributed by atoms with E-state index in [4.69, 9.17) is 11.1 Å². The molecule has 2 rings (SSSR count). The van der Waals surface area contributed by atoms with Gasteiger partial charge in [0.1, 0.15) is 5.84 Å². The second-order valence-electron chi connectivity index (χ2n) is 4.94. The first-order valence-electron chi connectivity index (χ1n) is 5.93. The van der Waals surface area contributed by atoms with E-state index in [1.807, 2.05) is 31.4 Å². The number of aliphatic hydroxyl groups is 1. The number of benzene rings is 1. The van der Waals surface area contributed by atoms with Gasteiger partial charge in [-0.3, -0.25) is 5.41 Å². The fourth-order valence-corrected chi connectivity index (χ4v) is 3.01. The molecule has 5 heteroatoms. The van der Waals surface area contributed by atoms with Crippen molar-refractivity contribution in [3.63, 3.8) is 0 Å². The van der Waals surface area contributed by atoms with Gasteiger partial charge in [-0.15, -0.1) is 11.8 Å². The maximum Gasteiger partial charge on any atom is 0.126 e. The van der Waals surface area contributed by atoms with Gasteiger partial charge in [0.15, 0.2) is 0 Å². The molecule has 0 radical (unpaired) electrons. The molecular weight excluding hydrogens is 246 g/mol. The van der Waals surface area contributed by atoms with Gasteiger partial charge in [0.25, 0.3) is 0 Å². The molecule has 1 fully saturated rings. The van der Waals surface area contributed by atoms with E-state index in [0.717, 1.165) is 29.1 Å². The minimum absolute atomic E-state index is 0.0847. The molecule has 0 amide bonds. The van der Waals surface area contributed by atoms with Crippen LogP contribution in [0.3, 0.4) is 0 Å². The SMILES string of the molecule is CSc1cccc(N2CCC(C)(O)C2)c1C(=N)N. The Morgan fingerprint density at radius 2 is 2.28 bits per heavy atom. The Morgan fingerprint density at radius 3 is 2.78 bits per heavy atom. The van der Waals surface area contributed by atoms with E-state index in [1.165, 1.54) is 0 Å². The molecule has 1 aliphatic rings. The van der Waals surface area contributed by atoms with Crippen LogP contribution in [0.4, 0.5) is 5.69 Å². The van der Waals surface area contributed by atoms with Crippen molar-refractivity contribution < 1.29 is 5.11 Å². The average molecular weight is 265 g/mol. The molecule has 0 saturated carbocycles. The zero-order valence-electron chi connectivity index (χ0n) is 10.7. The zero-order chi connectivity index (χ0) is 13.3. The number of nitrogens with one attached hydrogen (secondary N) is 1. The summed E-state index contributed by atoms with van der Waals surface area (Å²) in [5.41, 5.74) is 6.79. The molecule has 0 bridgehead atoms. The quantitative estimate of drug-likeness (QED) is 0.441. The lowest BCUT2D eigenvalue weighted by atomic mass is 10.1. The summed E-state index contributed by atoms with van der Waals surface area (Å²) in [5, 5.41) is 17.8. The monoisotopic (exact) mass is 265 g/mol. The Hall–Kier alpha value is -1.20. The molecule has 1 aromatic rings. The van der Waals surface area contributed by atoms with Crippen molar-refractivity contribution in [3.8, 4) is 0 Å². The molecule has 18 heavy (non-hydrogen) atoms. The minimum atomic E-state index is -0.649. The molecule has 98 valence electrons. The number of hydrogen-bond acceptors (Lipinski definition) is 4. The number of amidine groups is 1. The Morgan fingerprint density at radius 1 is 1.56 bits per heavy atom. The number of nitrogens with zero attached hydrogens (tertiary/aromatic N) is 1. The summed E-state index contributed by atoms with van der Waals surface area (Å²) in [6.45, 7) is 3.23. The third-order valence-electron chi connectivity index (χ3n) is 3.29. The van der Waals surface area contributed by atoms with E-state index >= 15 is 0 Å². The van der Waals surface area contributed by atoms with Gasteiger partial charge < -0.3 is 15.7 Å². The molecule has 4 nitrogen and oxygen atoms in total. The minimum Gasteiger partial charge on any atom is -0.388 e. The smallest absolute Gasteiger partial charge is 0.126 e. The van der Waals surface area contributed by atoms with Gasteiger partial charge in [-0.25, -0.2) is 0 Å². The first kappa shape index (κ1) is 13.2. The first-order valence-corrected chi connectivity index (χ1v) is 7.16. The van der Waals surface area contributed by atoms with Gasteiger partial charge in [0.05, 0.1) is 11.2 Å². The van der Waals surface area contributed by atoms with E-state index < -0.39 is 5.60 Å². The highest BCUT2D eigenvalue weighted by Crippen LogP contribution is 2.33. The summed E-state index contributed by atoms with van der Waals surface area (Å²) in [4.78, 5) is 3.11. The van der Waals surface area contributed by atoms with Crippen molar-refractivity contribution in [2.75, 3.05) is 24.2 Å². The molecule has 0 aliphatic carbocycles. The Balaban J connectivity index is 2.42. The fraction of sp³-hybridized carbons (Fsp3) is 0.462. The Kier molecular flexibility index (Phi) is 3.54. The second kappa shape index (κ2) is 4.82. The number of thioether (sulfide) groups is 1. The van der Waals surface area contributed by atoms with E-state index in [-0.39, 0.29) is 5.84 Å². The van der Waals surface area contributed by atoms with Crippen LogP contribution >= 0.6 is 11.8 Å². The molecule has 4 N–H and O–H groups in total. The summed E-state index contributed by atoms with van der Waals surface area (Å²) in [6, 6.07) is 5.91. The number of nitrogens with two attached hydrogens (primary N) is 1. The van der Waals surface area contributed by atoms with E-state index in [9.17, 15) is 5.11 Å². The highest BCUT2D eigenvalue weighted by Gasteiger charge is 2.32. The van der Waals surface area contributed by atoms with Gasteiger partial charge in [-0.1, -0.05) is 6.07 Å². The fourth-order valence-electron chi connectivity index (χ4n) is 2.37. The third-order valence-corrected chi connectivity index (χ3v) is 4.07. The second-order valence-corrected chi connectivity index (χ2v) is 5.78. The van der Waals surface area contributed by atoms with E-state index in [1.54, 1.807) is 11.8 Å². The maximum absolute atomic E-state index is 10.1. The van der Waals surface area contributed by atoms with Crippen molar-refractivity contribution in [3.05, 3.63) is 23.8 Å². The molecule has 0 aromatic heterocycles. The number of rotatable bonds is 3. The topological polar surface area (TPSA) is 73.3 Å². The number of anilines is 1. The molecule has 1 unspecified atom stereocenters. The van der Waals surface area contributed by atoms with Crippen LogP contribution in [0.25, 0.3) is 0 Å². The van der Waals surface area contributed by atoms with Crippen molar-refractivity contribution in [2.45, 2.75) is 23.8 Å². The van der Waals surface area contributed by atoms with Gasteiger partial charge in [0.2, 0.25) is 0 Å². The van der Waals surface area contributed by atoms with Crippen LogP contribution in [0.2, 0.25) is 0 Å². The Bertz CT molecular complexity index is 473. The van der Waals surface area contributed by atoms with Crippen LogP contribution in [0.1, 0.15) is 18.9 Å². The van der Waals surface area contributed by atoms with Crippen LogP contribution in [-0.4, -0.2) is 35.9 Å². The normalized spacial score (nSPS) is 23.4. The number of hydrogen-bond donors (Lipinski definition) is 3. The summed E-state index contributed by atoms with van der Waals surface area (Å²) >= 11 is 1.59. The summed E-state index contributed by atoms with van der Waals surface area (Å²) in [5.74, 6) is 0.0847. The van der Waals surface area contributed by atoms with Crippen molar-refractivity contribution in [1.82, 2.24) is 0 Å². The molecule has 1 saturated heterocycles. The first-order chi connectivity index (χ1) is 8.44. The molecular formula is C13H19N3OS. The number of nitrogen functional groups attached to an aromatic ring is 1. The standard InChI is InChI=1S/C13H19N3OS/c1-13(17)6-7-16(8-13)9-4-3-5-10(18-2)11(9)12(14)15/h3-5,17H,6-8H2,1-2H3,(H3,14,15). The van der Waals surface area contributed by atoms with Crippen molar-refractivity contribution in [1.29, 1.82) is 5.41 Å². The average Bonchev–Trinajstić information content (AvgIpc) is 2.68. The van der Waals surface area contributed by atoms with Crippen LogP contribution in [0.5, 0.6) is 0 Å². The Labute approximate surface area is 112 Å². The predicted molar refractivity (Wildman–Crippen MR) is 76.7 cm³/mol. The zero-order valence-corrected chi connectivity index (χ0v) is 11.5. The predicted octanol–water partition coefficient (Wildman–Crippen LogP) is 1.65. The van der Waals surface area contributed by atoms with E-state index in [2.05, 4.69) is 4.90 Å². The van der Waals surface area contributed by atoms with Crippen LogP contribution in [0.15, 0.2) is 23.1 Å². The lowest BCUT2D eigenvalue weighted by molar-refractivity contribution is 0.0839. The van der Waals surface area contributed by atoms with Gasteiger partial charge in [-0.05, 0) is 31.7 Å². The highest BCUT2D eigenvalue weighted by molar-refractivity contribution is 7.98. The summed E-state index contributed by atoms with van der Waals surface area (Å²) in [7, 11) is 0. The lowest BCUT2D eigenvalue weighted by Gasteiger charge is -2.24. The van der Waals surface area contributed by atoms with Crippen LogP contribution in [-0.2, 0) is 0 Å². The highest BCUT2D eigenvalue weighted by atomic mass is 32.2. The molecule has 0 spiro atoms.